The van der Waals surface area contributed by atoms with Crippen LogP contribution in [0.25, 0.3) is 0 Å². The molecule has 0 aliphatic heterocycles. The van der Waals surface area contributed by atoms with Gasteiger partial charge in [-0.1, -0.05) is 23.9 Å². The number of carbonyl (C=O) groups excluding carboxylic acids is 1. The predicted octanol–water partition coefficient (Wildman–Crippen LogP) is 1.66. The minimum atomic E-state index is -0.344. The van der Waals surface area contributed by atoms with Gasteiger partial charge in [0.1, 0.15) is 6.20 Å². The van der Waals surface area contributed by atoms with Gasteiger partial charge < -0.3 is 5.32 Å². The van der Waals surface area contributed by atoms with E-state index in [4.69, 9.17) is 0 Å². The molecular weight excluding hydrogens is 332 g/mol. The van der Waals surface area contributed by atoms with E-state index < -0.39 is 0 Å². The van der Waals surface area contributed by atoms with Gasteiger partial charge in [-0.15, -0.1) is 5.10 Å². The first kappa shape index (κ1) is 13.8. The van der Waals surface area contributed by atoms with Gasteiger partial charge in [0.2, 0.25) is 5.91 Å². The Kier molecular flexibility index (Phi) is 4.69. The molecule has 0 aliphatic carbocycles. The molecule has 2 rings (SSSR count). The van der Waals surface area contributed by atoms with Gasteiger partial charge >= 0.3 is 0 Å². The molecule has 1 aromatic heterocycles. The molecule has 8 heteroatoms. The first-order valence-corrected chi connectivity index (χ1v) is 7.02. The number of hydrogen-bond acceptors (Lipinski definition) is 5. The van der Waals surface area contributed by atoms with Crippen LogP contribution in [0.1, 0.15) is 0 Å². The monoisotopic (exact) mass is 340 g/mol. The molecule has 1 heterocycles. The number of aromatic amines is 1. The first-order valence-electron chi connectivity index (χ1n) is 5.24. The summed E-state index contributed by atoms with van der Waals surface area (Å²) < 4.78 is 0.807. The summed E-state index contributed by atoms with van der Waals surface area (Å²) in [6.45, 7) is 0. The van der Waals surface area contributed by atoms with E-state index >= 15 is 0 Å². The maximum Gasteiger partial charge on any atom is 0.270 e. The number of carbonyl (C=O) groups is 1. The molecule has 6 nitrogen and oxygen atoms in total. The molecule has 1 amide bonds. The summed E-state index contributed by atoms with van der Waals surface area (Å²) >= 11 is 4.45. The van der Waals surface area contributed by atoms with Gasteiger partial charge in [-0.05, 0) is 28.1 Å². The van der Waals surface area contributed by atoms with E-state index in [0.29, 0.717) is 10.8 Å². The largest absolute Gasteiger partial charge is 0.324 e. The highest BCUT2D eigenvalue weighted by molar-refractivity contribution is 9.10. The van der Waals surface area contributed by atoms with Gasteiger partial charge in [-0.2, -0.15) is 5.10 Å². The van der Waals surface area contributed by atoms with E-state index in [-0.39, 0.29) is 17.2 Å². The lowest BCUT2D eigenvalue weighted by Crippen LogP contribution is -2.15. The average molecular weight is 341 g/mol. The molecule has 0 radical (unpaired) electrons. The van der Waals surface area contributed by atoms with Crippen LogP contribution >= 0.6 is 27.7 Å². The highest BCUT2D eigenvalue weighted by atomic mass is 79.9. The summed E-state index contributed by atoms with van der Waals surface area (Å²) in [4.78, 5) is 25.2. The Morgan fingerprint density at radius 1 is 1.42 bits per heavy atom. The molecule has 0 aliphatic rings. The number of nitrogens with one attached hydrogen (secondary N) is 2. The van der Waals surface area contributed by atoms with E-state index in [1.54, 1.807) is 6.07 Å². The molecule has 0 spiro atoms. The van der Waals surface area contributed by atoms with Crippen molar-refractivity contribution in [1.82, 2.24) is 15.2 Å². The molecule has 2 aromatic rings. The predicted molar refractivity (Wildman–Crippen MR) is 76.1 cm³/mol. The molecule has 98 valence electrons. The Hall–Kier alpha value is -1.67. The summed E-state index contributed by atoms with van der Waals surface area (Å²) in [5.74, 6) is -0.0564. The zero-order valence-corrected chi connectivity index (χ0v) is 12.0. The van der Waals surface area contributed by atoms with E-state index in [1.165, 1.54) is 0 Å². The number of rotatable bonds is 4. The van der Waals surface area contributed by atoms with Crippen molar-refractivity contribution in [2.24, 2.45) is 0 Å². The quantitative estimate of drug-likeness (QED) is 0.826. The molecule has 0 saturated heterocycles. The van der Waals surface area contributed by atoms with Gasteiger partial charge in [0.15, 0.2) is 5.16 Å². The minimum Gasteiger partial charge on any atom is -0.324 e. The third-order valence-corrected chi connectivity index (χ3v) is 3.60. The lowest BCUT2D eigenvalue weighted by atomic mass is 10.3. The van der Waals surface area contributed by atoms with Gasteiger partial charge in [0.25, 0.3) is 5.56 Å². The average Bonchev–Trinajstić information content (AvgIpc) is 2.39. The number of anilines is 1. The first-order chi connectivity index (χ1) is 9.15. The van der Waals surface area contributed by atoms with Crippen molar-refractivity contribution in [1.29, 1.82) is 0 Å². The fourth-order valence-electron chi connectivity index (χ4n) is 1.24. The van der Waals surface area contributed by atoms with Crippen LogP contribution in [0.2, 0.25) is 0 Å². The Morgan fingerprint density at radius 3 is 2.95 bits per heavy atom. The summed E-state index contributed by atoms with van der Waals surface area (Å²) in [5, 5.41) is 10.3. The number of hydrogen-bond donors (Lipinski definition) is 2. The lowest BCUT2D eigenvalue weighted by Gasteiger charge is -2.06. The number of nitrogens with zero attached hydrogens (tertiary/aromatic N) is 2. The standard InChI is InChI=1S/C11H9BrN4O2S/c12-7-3-1-2-4-8(7)14-10(18)6-19-11-15-9(17)5-13-16-11/h1-5H,6H2,(H,14,18)(H,15,16,17). The molecule has 0 saturated carbocycles. The fourth-order valence-corrected chi connectivity index (χ4v) is 2.25. The van der Waals surface area contributed by atoms with Crippen LogP contribution < -0.4 is 10.9 Å². The van der Waals surface area contributed by atoms with Crippen molar-refractivity contribution >= 4 is 39.3 Å². The molecule has 1 aromatic carbocycles. The molecule has 0 bridgehead atoms. The van der Waals surface area contributed by atoms with Crippen molar-refractivity contribution < 1.29 is 4.79 Å². The van der Waals surface area contributed by atoms with Crippen LogP contribution in [0.4, 0.5) is 5.69 Å². The summed E-state index contributed by atoms with van der Waals surface area (Å²) in [6.07, 6.45) is 1.07. The number of benzene rings is 1. The Labute approximate surface area is 121 Å². The zero-order valence-electron chi connectivity index (χ0n) is 9.59. The second-order valence-corrected chi connectivity index (χ2v) is 5.27. The topological polar surface area (TPSA) is 87.7 Å². The van der Waals surface area contributed by atoms with Crippen LogP contribution in [0, 0.1) is 0 Å². The molecular formula is C11H9BrN4O2S. The van der Waals surface area contributed by atoms with Gasteiger partial charge in [-0.25, -0.2) is 0 Å². The van der Waals surface area contributed by atoms with Crippen molar-refractivity contribution in [3.8, 4) is 0 Å². The number of amides is 1. The number of halogens is 1. The number of H-pyrrole nitrogens is 1. The zero-order chi connectivity index (χ0) is 13.7. The molecule has 0 unspecified atom stereocenters. The third kappa shape index (κ3) is 4.18. The molecule has 19 heavy (non-hydrogen) atoms. The van der Waals surface area contributed by atoms with E-state index in [9.17, 15) is 9.59 Å². The van der Waals surface area contributed by atoms with Crippen molar-refractivity contribution in [2.75, 3.05) is 11.1 Å². The van der Waals surface area contributed by atoms with Crippen molar-refractivity contribution in [3.63, 3.8) is 0 Å². The van der Waals surface area contributed by atoms with E-state index in [0.717, 1.165) is 22.4 Å². The van der Waals surface area contributed by atoms with Crippen LogP contribution in [-0.2, 0) is 4.79 Å². The maximum atomic E-state index is 11.7. The molecule has 2 N–H and O–H groups in total. The van der Waals surface area contributed by atoms with Gasteiger partial charge in [-0.3, -0.25) is 14.6 Å². The second-order valence-electron chi connectivity index (χ2n) is 3.46. The third-order valence-electron chi connectivity index (χ3n) is 2.04. The van der Waals surface area contributed by atoms with Crippen molar-refractivity contribution in [3.05, 3.63) is 45.3 Å². The summed E-state index contributed by atoms with van der Waals surface area (Å²) in [5.41, 5.74) is 0.351. The molecule has 0 fully saturated rings. The molecule has 0 atom stereocenters. The van der Waals surface area contributed by atoms with Crippen LogP contribution in [0.3, 0.4) is 0 Å². The van der Waals surface area contributed by atoms with Gasteiger partial charge in [0.05, 0.1) is 11.4 Å². The summed E-state index contributed by atoms with van der Waals surface area (Å²) in [6, 6.07) is 7.31. The van der Waals surface area contributed by atoms with E-state index in [1.807, 2.05) is 18.2 Å². The highest BCUT2D eigenvalue weighted by Gasteiger charge is 2.07. The van der Waals surface area contributed by atoms with Crippen LogP contribution in [-0.4, -0.2) is 26.8 Å². The maximum absolute atomic E-state index is 11.7. The van der Waals surface area contributed by atoms with Crippen LogP contribution in [0.5, 0.6) is 0 Å². The number of para-hydroxylation sites is 1. The number of aromatic nitrogens is 3. The smallest absolute Gasteiger partial charge is 0.270 e. The van der Waals surface area contributed by atoms with Crippen molar-refractivity contribution in [2.45, 2.75) is 5.16 Å². The fraction of sp³-hybridized carbons (Fsp3) is 0.0909. The summed E-state index contributed by atoms with van der Waals surface area (Å²) in [7, 11) is 0. The Morgan fingerprint density at radius 2 is 2.21 bits per heavy atom. The van der Waals surface area contributed by atoms with Crippen LogP contribution in [0.15, 0.2) is 44.9 Å². The Bertz CT molecular complexity index is 646. The SMILES string of the molecule is O=C(CSc1nncc(=O)[nH]1)Nc1ccccc1Br. The Balaban J connectivity index is 1.92. The lowest BCUT2D eigenvalue weighted by molar-refractivity contribution is -0.113. The van der Waals surface area contributed by atoms with E-state index in [2.05, 4.69) is 36.4 Å². The normalized spacial score (nSPS) is 10.2. The minimum absolute atomic E-state index is 0.135. The number of thioether (sulfide) groups is 1. The highest BCUT2D eigenvalue weighted by Crippen LogP contribution is 2.21. The second kappa shape index (κ2) is 6.48. The van der Waals surface area contributed by atoms with Gasteiger partial charge in [0, 0.05) is 4.47 Å².